The van der Waals surface area contributed by atoms with Crippen molar-refractivity contribution >= 4 is 11.9 Å². The molecule has 0 spiro atoms. The Bertz CT molecular complexity index is 502. The highest BCUT2D eigenvalue weighted by Gasteiger charge is 2.74. The first-order chi connectivity index (χ1) is 8.79. The summed E-state index contributed by atoms with van der Waals surface area (Å²) < 4.78 is 16.2. The molecule has 0 radical (unpaired) electrons. The molecule has 0 aromatic rings. The van der Waals surface area contributed by atoms with Crippen LogP contribution in [0.2, 0.25) is 0 Å². The van der Waals surface area contributed by atoms with Crippen molar-refractivity contribution in [3.05, 3.63) is 0 Å². The minimum atomic E-state index is -1.19. The standard InChI is InChI=1S/C13H15NO5/c1-12(2,3)10(15)18-7-6-4-13(5-14)9(17-6)8(7)19-11(13)16/h6-9H,4H2,1-3H3. The van der Waals surface area contributed by atoms with E-state index in [1.165, 1.54) is 0 Å². The van der Waals surface area contributed by atoms with Crippen molar-refractivity contribution in [3.8, 4) is 6.07 Å². The van der Waals surface area contributed by atoms with Gasteiger partial charge in [0.1, 0.15) is 12.2 Å². The van der Waals surface area contributed by atoms with Gasteiger partial charge in [-0.15, -0.1) is 0 Å². The van der Waals surface area contributed by atoms with E-state index >= 15 is 0 Å². The Morgan fingerprint density at radius 2 is 2.21 bits per heavy atom. The molecular formula is C13H15NO5. The van der Waals surface area contributed by atoms with Crippen molar-refractivity contribution < 1.29 is 23.8 Å². The highest BCUT2D eigenvalue weighted by molar-refractivity contribution is 5.85. The predicted molar refractivity (Wildman–Crippen MR) is 60.5 cm³/mol. The summed E-state index contributed by atoms with van der Waals surface area (Å²) in [4.78, 5) is 23.7. The molecular weight excluding hydrogens is 250 g/mol. The minimum absolute atomic E-state index is 0.242. The van der Waals surface area contributed by atoms with Crippen LogP contribution in [0.25, 0.3) is 0 Å². The number of carbonyl (C=O) groups is 2. The summed E-state index contributed by atoms with van der Waals surface area (Å²) in [5, 5.41) is 9.19. The first-order valence-electron chi connectivity index (χ1n) is 6.28. The molecule has 0 N–H and O–H groups in total. The molecule has 102 valence electrons. The van der Waals surface area contributed by atoms with E-state index in [1.807, 2.05) is 6.07 Å². The van der Waals surface area contributed by atoms with Gasteiger partial charge < -0.3 is 14.2 Å². The van der Waals surface area contributed by atoms with Crippen LogP contribution in [-0.4, -0.2) is 36.4 Å². The van der Waals surface area contributed by atoms with Crippen LogP contribution in [-0.2, 0) is 23.8 Å². The molecule has 5 unspecified atom stereocenters. The number of fused-ring (bicyclic) bond motifs is 1. The minimum Gasteiger partial charge on any atom is -0.455 e. The number of nitriles is 1. The molecule has 2 bridgehead atoms. The van der Waals surface area contributed by atoms with Crippen LogP contribution in [0.1, 0.15) is 27.2 Å². The summed E-state index contributed by atoms with van der Waals surface area (Å²) >= 11 is 0. The van der Waals surface area contributed by atoms with Crippen LogP contribution in [0.4, 0.5) is 0 Å². The van der Waals surface area contributed by atoms with Gasteiger partial charge in [0.15, 0.2) is 17.6 Å². The van der Waals surface area contributed by atoms with Crippen LogP contribution >= 0.6 is 0 Å². The summed E-state index contributed by atoms with van der Waals surface area (Å²) in [6, 6.07) is 2.01. The lowest BCUT2D eigenvalue weighted by Crippen LogP contribution is -2.45. The van der Waals surface area contributed by atoms with E-state index in [0.29, 0.717) is 0 Å². The molecule has 0 aliphatic carbocycles. The second-order valence-electron chi connectivity index (χ2n) is 6.37. The van der Waals surface area contributed by atoms with E-state index in [1.54, 1.807) is 20.8 Å². The lowest BCUT2D eigenvalue weighted by molar-refractivity contribution is -0.168. The number of hydrogen-bond donors (Lipinski definition) is 0. The van der Waals surface area contributed by atoms with Crippen molar-refractivity contribution in [3.63, 3.8) is 0 Å². The van der Waals surface area contributed by atoms with Gasteiger partial charge in [-0.2, -0.15) is 5.26 Å². The maximum atomic E-state index is 11.9. The molecule has 0 aromatic carbocycles. The van der Waals surface area contributed by atoms with Crippen molar-refractivity contribution in [2.75, 3.05) is 0 Å². The molecule has 6 heteroatoms. The third-order valence-corrected chi connectivity index (χ3v) is 3.98. The number of rotatable bonds is 1. The lowest BCUT2D eigenvalue weighted by atomic mass is 9.75. The maximum absolute atomic E-state index is 11.9. The van der Waals surface area contributed by atoms with Gasteiger partial charge >= 0.3 is 11.9 Å². The molecule has 3 aliphatic heterocycles. The summed E-state index contributed by atoms with van der Waals surface area (Å²) in [7, 11) is 0. The van der Waals surface area contributed by atoms with Crippen LogP contribution in [0.15, 0.2) is 0 Å². The second kappa shape index (κ2) is 3.48. The fourth-order valence-corrected chi connectivity index (χ4v) is 2.88. The topological polar surface area (TPSA) is 85.6 Å². The van der Waals surface area contributed by atoms with Gasteiger partial charge in [-0.1, -0.05) is 0 Å². The first kappa shape index (κ1) is 12.4. The molecule has 6 nitrogen and oxygen atoms in total. The summed E-state index contributed by atoms with van der Waals surface area (Å²) in [6.45, 7) is 5.26. The summed E-state index contributed by atoms with van der Waals surface area (Å²) in [6.07, 6.45) is -2.02. The van der Waals surface area contributed by atoms with E-state index in [-0.39, 0.29) is 12.4 Å². The van der Waals surface area contributed by atoms with Gasteiger partial charge in [0.2, 0.25) is 0 Å². The molecule has 0 amide bonds. The first-order valence-corrected chi connectivity index (χ1v) is 6.28. The van der Waals surface area contributed by atoms with Crippen LogP contribution in [0.3, 0.4) is 0 Å². The molecule has 3 fully saturated rings. The Kier molecular flexibility index (Phi) is 2.28. The predicted octanol–water partition coefficient (Wildman–Crippen LogP) is 0.551. The fraction of sp³-hybridized carbons (Fsp3) is 0.769. The zero-order valence-corrected chi connectivity index (χ0v) is 11.0. The number of carbonyl (C=O) groups excluding carboxylic acids is 2. The largest absolute Gasteiger partial charge is 0.455 e. The fourth-order valence-electron chi connectivity index (χ4n) is 2.88. The third-order valence-electron chi connectivity index (χ3n) is 3.98. The molecule has 3 aliphatic rings. The SMILES string of the molecule is CC(C)(C)C(=O)OC1C2CC3(C#N)C(=O)OC1C3O2. The van der Waals surface area contributed by atoms with Crippen molar-refractivity contribution in [1.82, 2.24) is 0 Å². The van der Waals surface area contributed by atoms with Crippen molar-refractivity contribution in [2.24, 2.45) is 10.8 Å². The number of ether oxygens (including phenoxy) is 3. The van der Waals surface area contributed by atoms with Gasteiger partial charge in [0.25, 0.3) is 0 Å². The Balaban J connectivity index is 1.82. The number of esters is 2. The van der Waals surface area contributed by atoms with E-state index in [0.717, 1.165) is 0 Å². The Hall–Kier alpha value is -1.61. The molecule has 3 saturated heterocycles. The Labute approximate surface area is 110 Å². The molecule has 3 heterocycles. The third kappa shape index (κ3) is 1.45. The quantitative estimate of drug-likeness (QED) is 0.644. The zero-order valence-electron chi connectivity index (χ0n) is 11.0. The van der Waals surface area contributed by atoms with Crippen molar-refractivity contribution in [2.45, 2.75) is 51.6 Å². The maximum Gasteiger partial charge on any atom is 0.329 e. The van der Waals surface area contributed by atoms with E-state index in [4.69, 9.17) is 14.2 Å². The second-order valence-corrected chi connectivity index (χ2v) is 6.37. The molecule has 0 saturated carbocycles. The summed E-state index contributed by atoms with van der Waals surface area (Å²) in [5.74, 6) is -0.916. The molecule has 5 atom stereocenters. The molecule has 0 aromatic heterocycles. The summed E-state index contributed by atoms with van der Waals surface area (Å²) in [5.41, 5.74) is -1.82. The monoisotopic (exact) mass is 265 g/mol. The van der Waals surface area contributed by atoms with E-state index < -0.39 is 41.2 Å². The molecule has 3 rings (SSSR count). The normalized spacial score (nSPS) is 42.9. The highest BCUT2D eigenvalue weighted by Crippen LogP contribution is 2.55. The van der Waals surface area contributed by atoms with Gasteiger partial charge in [-0.25, -0.2) is 0 Å². The van der Waals surface area contributed by atoms with Gasteiger partial charge in [-0.3, -0.25) is 9.59 Å². The van der Waals surface area contributed by atoms with Gasteiger partial charge in [0.05, 0.1) is 11.5 Å². The highest BCUT2D eigenvalue weighted by atomic mass is 16.7. The smallest absolute Gasteiger partial charge is 0.329 e. The van der Waals surface area contributed by atoms with Crippen LogP contribution in [0.5, 0.6) is 0 Å². The Morgan fingerprint density at radius 3 is 2.79 bits per heavy atom. The van der Waals surface area contributed by atoms with Crippen molar-refractivity contribution in [1.29, 1.82) is 5.26 Å². The average Bonchev–Trinajstić information content (AvgIpc) is 2.89. The van der Waals surface area contributed by atoms with Crippen LogP contribution in [0, 0.1) is 22.2 Å². The van der Waals surface area contributed by atoms with E-state index in [2.05, 4.69) is 0 Å². The molecule has 19 heavy (non-hydrogen) atoms. The lowest BCUT2D eigenvalue weighted by Gasteiger charge is -2.27. The number of hydrogen-bond acceptors (Lipinski definition) is 6. The van der Waals surface area contributed by atoms with E-state index in [9.17, 15) is 14.9 Å². The van der Waals surface area contributed by atoms with Crippen LogP contribution < -0.4 is 0 Å². The van der Waals surface area contributed by atoms with Gasteiger partial charge in [-0.05, 0) is 20.8 Å². The number of nitrogens with zero attached hydrogens (tertiary/aromatic N) is 1. The zero-order chi connectivity index (χ0) is 14.0. The average molecular weight is 265 g/mol. The Morgan fingerprint density at radius 1 is 1.53 bits per heavy atom. The van der Waals surface area contributed by atoms with Gasteiger partial charge in [0, 0.05) is 6.42 Å².